The van der Waals surface area contributed by atoms with Crippen LogP contribution >= 0.6 is 0 Å². The number of rotatable bonds is 4. The molecule has 32 heavy (non-hydrogen) atoms. The number of nitrogens with one attached hydrogen (secondary N) is 1. The summed E-state index contributed by atoms with van der Waals surface area (Å²) in [5.74, 6) is -0.966. The molecule has 2 fully saturated rings. The molecule has 2 saturated heterocycles. The molecule has 0 saturated carbocycles. The van der Waals surface area contributed by atoms with Crippen molar-refractivity contribution in [1.29, 1.82) is 0 Å². The normalized spacial score (nSPS) is 26.4. The number of piperidine rings is 1. The summed E-state index contributed by atoms with van der Waals surface area (Å²) in [7, 11) is 1.92. The van der Waals surface area contributed by atoms with Gasteiger partial charge in [-0.05, 0) is 37.2 Å². The van der Waals surface area contributed by atoms with Gasteiger partial charge < -0.3 is 14.7 Å². The molecule has 0 radical (unpaired) electrons. The molecule has 1 aromatic heterocycles. The molecule has 3 aliphatic rings. The Morgan fingerprint density at radius 2 is 2.16 bits per heavy atom. The van der Waals surface area contributed by atoms with Crippen LogP contribution in [0.25, 0.3) is 5.69 Å². The zero-order chi connectivity index (χ0) is 22.5. The van der Waals surface area contributed by atoms with Crippen LogP contribution in [0.3, 0.4) is 0 Å². The van der Waals surface area contributed by atoms with Crippen LogP contribution in [0.2, 0.25) is 0 Å². The van der Waals surface area contributed by atoms with E-state index in [1.807, 2.05) is 18.0 Å². The number of amides is 3. The van der Waals surface area contributed by atoms with Gasteiger partial charge in [0.05, 0.1) is 31.7 Å². The molecular formula is C21H24N6O5. The van der Waals surface area contributed by atoms with Gasteiger partial charge in [-0.2, -0.15) is 0 Å². The fourth-order valence-corrected chi connectivity index (χ4v) is 4.59. The second-order valence-electron chi connectivity index (χ2n) is 8.45. The van der Waals surface area contributed by atoms with Crippen molar-refractivity contribution >= 4 is 17.7 Å². The van der Waals surface area contributed by atoms with Crippen LogP contribution in [0.15, 0.2) is 24.4 Å². The summed E-state index contributed by atoms with van der Waals surface area (Å²) in [5.41, 5.74) is 1.87. The summed E-state index contributed by atoms with van der Waals surface area (Å²) in [5, 5.41) is 20.9. The summed E-state index contributed by atoms with van der Waals surface area (Å²) < 4.78 is 7.20. The van der Waals surface area contributed by atoms with Crippen molar-refractivity contribution in [3.63, 3.8) is 0 Å². The van der Waals surface area contributed by atoms with E-state index in [9.17, 15) is 19.5 Å². The van der Waals surface area contributed by atoms with Crippen LogP contribution in [0.5, 0.6) is 0 Å². The zero-order valence-electron chi connectivity index (χ0n) is 17.7. The van der Waals surface area contributed by atoms with Gasteiger partial charge in [0.25, 0.3) is 5.91 Å². The Morgan fingerprint density at radius 3 is 2.91 bits per heavy atom. The highest BCUT2D eigenvalue weighted by molar-refractivity contribution is 6.05. The fourth-order valence-electron chi connectivity index (χ4n) is 4.59. The molecular weight excluding hydrogens is 416 g/mol. The van der Waals surface area contributed by atoms with Crippen LogP contribution in [-0.2, 0) is 26.4 Å². The van der Waals surface area contributed by atoms with Crippen molar-refractivity contribution in [2.45, 2.75) is 31.0 Å². The Balaban J connectivity index is 1.40. The summed E-state index contributed by atoms with van der Waals surface area (Å²) in [6.07, 6.45) is 2.30. The number of aliphatic hydroxyl groups excluding tert-OH is 1. The van der Waals surface area contributed by atoms with Gasteiger partial charge in [0.15, 0.2) is 0 Å². The van der Waals surface area contributed by atoms with Crippen molar-refractivity contribution in [1.82, 2.24) is 30.1 Å². The van der Waals surface area contributed by atoms with Gasteiger partial charge in [-0.3, -0.25) is 24.6 Å². The topological polar surface area (TPSA) is 130 Å². The Kier molecular flexibility index (Phi) is 5.03. The van der Waals surface area contributed by atoms with Crippen molar-refractivity contribution < 1.29 is 24.2 Å². The average Bonchev–Trinajstić information content (AvgIpc) is 3.40. The second-order valence-corrected chi connectivity index (χ2v) is 8.45. The van der Waals surface area contributed by atoms with E-state index in [-0.39, 0.29) is 31.4 Å². The second kappa shape index (κ2) is 7.76. The SMILES string of the molecule is CN1CCOCC1(CO)c1cn(-c2ccc3c(c2)CN(C2CCC(=O)NC2=O)C3=O)nn1. The number of aliphatic hydroxyl groups is 1. The number of benzene rings is 1. The van der Waals surface area contributed by atoms with Crippen molar-refractivity contribution in [3.05, 3.63) is 41.2 Å². The lowest BCUT2D eigenvalue weighted by Gasteiger charge is -2.42. The third kappa shape index (κ3) is 3.20. The lowest BCUT2D eigenvalue weighted by molar-refractivity contribution is -0.136. The molecule has 0 bridgehead atoms. The number of fused-ring (bicyclic) bond motifs is 1. The molecule has 2 atom stereocenters. The first-order chi connectivity index (χ1) is 15.4. The number of ether oxygens (including phenoxy) is 1. The lowest BCUT2D eigenvalue weighted by atomic mass is 9.95. The van der Waals surface area contributed by atoms with E-state index in [1.54, 1.807) is 23.0 Å². The Hall–Kier alpha value is -3.15. The van der Waals surface area contributed by atoms with E-state index in [4.69, 9.17) is 4.74 Å². The van der Waals surface area contributed by atoms with Gasteiger partial charge in [-0.15, -0.1) is 5.10 Å². The van der Waals surface area contributed by atoms with E-state index >= 15 is 0 Å². The van der Waals surface area contributed by atoms with E-state index in [1.165, 1.54) is 4.90 Å². The Labute approximate surface area is 183 Å². The van der Waals surface area contributed by atoms with Gasteiger partial charge in [-0.1, -0.05) is 5.21 Å². The van der Waals surface area contributed by atoms with Crippen LogP contribution in [-0.4, -0.2) is 87.1 Å². The molecule has 2 aromatic rings. The number of nitrogens with zero attached hydrogens (tertiary/aromatic N) is 5. The van der Waals surface area contributed by atoms with Crippen LogP contribution in [0.4, 0.5) is 0 Å². The Morgan fingerprint density at radius 1 is 1.31 bits per heavy atom. The molecule has 11 nitrogen and oxygen atoms in total. The van der Waals surface area contributed by atoms with E-state index in [0.717, 1.165) is 5.56 Å². The first-order valence-corrected chi connectivity index (χ1v) is 10.5. The summed E-state index contributed by atoms with van der Waals surface area (Å²) in [6, 6.07) is 4.69. The number of likely N-dealkylation sites (N-methyl/N-ethyl adjacent to an activating group) is 1. The molecule has 0 aliphatic carbocycles. The number of imide groups is 1. The highest BCUT2D eigenvalue weighted by atomic mass is 16.5. The van der Waals surface area contributed by atoms with Gasteiger partial charge in [0.2, 0.25) is 11.8 Å². The standard InChI is InChI=1S/C21H24N6O5/c1-25-6-7-32-12-21(25,11-28)17-10-27(24-23-17)14-2-3-15-13(8-14)9-26(20(15)31)16-4-5-18(29)22-19(16)30/h2-3,8,10,16,28H,4-7,9,11-12H2,1H3,(H,22,29,30). The third-order valence-electron chi connectivity index (χ3n) is 6.65. The van der Waals surface area contributed by atoms with Crippen LogP contribution < -0.4 is 5.32 Å². The van der Waals surface area contributed by atoms with Gasteiger partial charge in [-0.25, -0.2) is 4.68 Å². The molecule has 1 aromatic carbocycles. The predicted molar refractivity (Wildman–Crippen MR) is 110 cm³/mol. The highest BCUT2D eigenvalue weighted by Crippen LogP contribution is 2.31. The van der Waals surface area contributed by atoms with E-state index < -0.39 is 17.5 Å². The minimum atomic E-state index is -0.758. The molecule has 0 spiro atoms. The van der Waals surface area contributed by atoms with Crippen molar-refractivity contribution in [3.8, 4) is 5.69 Å². The molecule has 168 valence electrons. The first-order valence-electron chi connectivity index (χ1n) is 10.5. The number of hydrogen-bond donors (Lipinski definition) is 2. The zero-order valence-corrected chi connectivity index (χ0v) is 17.7. The minimum absolute atomic E-state index is 0.151. The molecule has 11 heteroatoms. The molecule has 3 amide bonds. The first kappa shape index (κ1) is 20.7. The van der Waals surface area contributed by atoms with Crippen LogP contribution in [0, 0.1) is 0 Å². The highest BCUT2D eigenvalue weighted by Gasteiger charge is 2.42. The number of morpholine rings is 1. The smallest absolute Gasteiger partial charge is 0.255 e. The Bertz CT molecular complexity index is 1100. The largest absolute Gasteiger partial charge is 0.394 e. The monoisotopic (exact) mass is 440 g/mol. The minimum Gasteiger partial charge on any atom is -0.394 e. The quantitative estimate of drug-likeness (QED) is 0.590. The lowest BCUT2D eigenvalue weighted by Crippen LogP contribution is -2.55. The summed E-state index contributed by atoms with van der Waals surface area (Å²) in [6.45, 7) is 1.71. The van der Waals surface area contributed by atoms with Crippen LogP contribution in [0.1, 0.15) is 34.5 Å². The number of carbonyl (C=O) groups is 3. The van der Waals surface area contributed by atoms with Gasteiger partial charge in [0.1, 0.15) is 17.3 Å². The summed E-state index contributed by atoms with van der Waals surface area (Å²) in [4.78, 5) is 40.1. The maximum atomic E-state index is 12.9. The fraction of sp³-hybridized carbons (Fsp3) is 0.476. The molecule has 5 rings (SSSR count). The number of hydrogen-bond acceptors (Lipinski definition) is 8. The number of carbonyl (C=O) groups excluding carboxylic acids is 3. The molecule has 4 heterocycles. The molecule has 2 N–H and O–H groups in total. The average molecular weight is 440 g/mol. The predicted octanol–water partition coefficient (Wildman–Crippen LogP) is -0.822. The maximum absolute atomic E-state index is 12.9. The molecule has 3 aliphatic heterocycles. The van der Waals surface area contributed by atoms with Gasteiger partial charge in [0, 0.05) is 25.1 Å². The van der Waals surface area contributed by atoms with E-state index in [2.05, 4.69) is 15.6 Å². The van der Waals surface area contributed by atoms with Crippen molar-refractivity contribution in [2.75, 3.05) is 33.4 Å². The van der Waals surface area contributed by atoms with E-state index in [0.29, 0.717) is 43.1 Å². The summed E-state index contributed by atoms with van der Waals surface area (Å²) >= 11 is 0. The maximum Gasteiger partial charge on any atom is 0.255 e. The van der Waals surface area contributed by atoms with Crippen molar-refractivity contribution in [2.24, 2.45) is 0 Å². The number of aromatic nitrogens is 3. The van der Waals surface area contributed by atoms with Gasteiger partial charge >= 0.3 is 0 Å². The molecule has 2 unspecified atom stereocenters. The third-order valence-corrected chi connectivity index (χ3v) is 6.65.